The van der Waals surface area contributed by atoms with Gasteiger partial charge in [0.05, 0.1) is 18.1 Å². The van der Waals surface area contributed by atoms with Gasteiger partial charge in [0.1, 0.15) is 17.2 Å². The van der Waals surface area contributed by atoms with E-state index in [0.29, 0.717) is 41.0 Å². The molecular weight excluding hydrogens is 480 g/mol. The number of aryl methyl sites for hydroxylation is 1. The number of hydrogen-bond donors (Lipinski definition) is 2. The van der Waals surface area contributed by atoms with Crippen LogP contribution >= 0.6 is 0 Å². The number of amides is 1. The molecule has 38 heavy (non-hydrogen) atoms. The third-order valence-electron chi connectivity index (χ3n) is 7.11. The molecule has 8 nitrogen and oxygen atoms in total. The second kappa shape index (κ2) is 10.4. The lowest BCUT2D eigenvalue weighted by molar-refractivity contribution is 0.0747. The predicted octanol–water partition coefficient (Wildman–Crippen LogP) is 4.57. The molecule has 0 unspecified atom stereocenters. The van der Waals surface area contributed by atoms with Gasteiger partial charge in [-0.25, -0.2) is 4.98 Å². The molecule has 0 atom stereocenters. The Hall–Kier alpha value is -4.59. The Morgan fingerprint density at radius 2 is 1.71 bits per heavy atom. The molecule has 3 aromatic carbocycles. The van der Waals surface area contributed by atoms with E-state index in [2.05, 4.69) is 46.9 Å². The maximum absolute atomic E-state index is 13.3. The molecule has 4 aromatic rings. The summed E-state index contributed by atoms with van der Waals surface area (Å²) >= 11 is 0. The van der Waals surface area contributed by atoms with E-state index < -0.39 is 5.56 Å². The molecule has 8 heteroatoms. The number of nitrogens with one attached hydrogen (secondary N) is 1. The molecule has 0 spiro atoms. The fourth-order valence-electron chi connectivity index (χ4n) is 4.72. The SMILES string of the molecule is COc1ccc(C(O)=Cc2nc3ccc(C(=O)N4CCN(c5cccc(C)c5C)CC4)cc3[nH]c2=O)cc1. The zero-order valence-electron chi connectivity index (χ0n) is 21.7. The van der Waals surface area contributed by atoms with E-state index in [-0.39, 0.29) is 17.4 Å². The molecule has 2 N–H and O–H groups in total. The number of fused-ring (bicyclic) bond motifs is 1. The van der Waals surface area contributed by atoms with Crippen LogP contribution in [-0.2, 0) is 0 Å². The van der Waals surface area contributed by atoms with Crippen LogP contribution in [0.4, 0.5) is 5.69 Å². The number of hydrogen-bond acceptors (Lipinski definition) is 6. The van der Waals surface area contributed by atoms with Crippen LogP contribution in [0.2, 0.25) is 0 Å². The maximum Gasteiger partial charge on any atom is 0.274 e. The normalized spacial score (nSPS) is 14.1. The molecule has 2 heterocycles. The molecule has 194 valence electrons. The number of carbonyl (C=O) groups excluding carboxylic acids is 1. The van der Waals surface area contributed by atoms with Crippen molar-refractivity contribution in [1.82, 2.24) is 14.9 Å². The van der Waals surface area contributed by atoms with Crippen molar-refractivity contribution in [3.63, 3.8) is 0 Å². The van der Waals surface area contributed by atoms with Crippen molar-refractivity contribution in [2.75, 3.05) is 38.2 Å². The van der Waals surface area contributed by atoms with Crippen LogP contribution in [0.3, 0.4) is 0 Å². The Bertz CT molecular complexity index is 1580. The first-order valence-corrected chi connectivity index (χ1v) is 12.5. The van der Waals surface area contributed by atoms with Crippen molar-refractivity contribution >= 4 is 34.5 Å². The Morgan fingerprint density at radius 1 is 1.00 bits per heavy atom. The molecule has 1 aromatic heterocycles. The molecular formula is C30H30N4O4. The van der Waals surface area contributed by atoms with Crippen molar-refractivity contribution in [1.29, 1.82) is 0 Å². The highest BCUT2D eigenvalue weighted by atomic mass is 16.5. The first kappa shape index (κ1) is 25.1. The number of aliphatic hydroxyl groups excluding tert-OH is 1. The van der Waals surface area contributed by atoms with Crippen molar-refractivity contribution < 1.29 is 14.6 Å². The fourth-order valence-corrected chi connectivity index (χ4v) is 4.72. The van der Waals surface area contributed by atoms with Gasteiger partial charge in [0.25, 0.3) is 11.5 Å². The van der Waals surface area contributed by atoms with Crippen LogP contribution in [0.25, 0.3) is 22.9 Å². The van der Waals surface area contributed by atoms with Crippen molar-refractivity contribution in [2.24, 2.45) is 0 Å². The zero-order valence-corrected chi connectivity index (χ0v) is 21.7. The van der Waals surface area contributed by atoms with Gasteiger partial charge in [-0.3, -0.25) is 9.59 Å². The molecule has 0 bridgehead atoms. The standard InChI is InChI=1S/C30H30N4O4/c1-19-5-4-6-27(20(19)2)33-13-15-34(16-14-33)30(37)22-9-12-24-25(17-22)32-29(36)26(31-24)18-28(35)21-7-10-23(38-3)11-8-21/h4-12,17-18,35H,13-16H2,1-3H3,(H,32,36). The van der Waals surface area contributed by atoms with Gasteiger partial charge >= 0.3 is 0 Å². The topological polar surface area (TPSA) is 98.8 Å². The van der Waals surface area contributed by atoms with Gasteiger partial charge in [-0.2, -0.15) is 0 Å². The third-order valence-corrected chi connectivity index (χ3v) is 7.11. The average molecular weight is 511 g/mol. The van der Waals surface area contributed by atoms with Crippen LogP contribution in [0.15, 0.2) is 65.5 Å². The van der Waals surface area contributed by atoms with Crippen molar-refractivity contribution in [3.05, 3.63) is 99.0 Å². The lowest BCUT2D eigenvalue weighted by Gasteiger charge is -2.37. The molecule has 0 radical (unpaired) electrons. The van der Waals surface area contributed by atoms with Crippen LogP contribution < -0.4 is 15.2 Å². The van der Waals surface area contributed by atoms with E-state index >= 15 is 0 Å². The molecule has 1 saturated heterocycles. The Balaban J connectivity index is 1.32. The number of ether oxygens (including phenoxy) is 1. The molecule has 1 aliphatic rings. The average Bonchev–Trinajstić information content (AvgIpc) is 2.94. The monoisotopic (exact) mass is 510 g/mol. The summed E-state index contributed by atoms with van der Waals surface area (Å²) < 4.78 is 5.13. The Kier molecular flexibility index (Phi) is 6.87. The summed E-state index contributed by atoms with van der Waals surface area (Å²) in [7, 11) is 1.57. The molecule has 0 saturated carbocycles. The van der Waals surface area contributed by atoms with Gasteiger partial charge in [0.15, 0.2) is 0 Å². The van der Waals surface area contributed by atoms with Gasteiger partial charge in [0, 0.05) is 49.1 Å². The number of H-pyrrole nitrogens is 1. The van der Waals surface area contributed by atoms with E-state index in [4.69, 9.17) is 4.74 Å². The molecule has 0 aliphatic carbocycles. The highest BCUT2D eigenvalue weighted by Gasteiger charge is 2.23. The summed E-state index contributed by atoms with van der Waals surface area (Å²) in [6.07, 6.45) is 1.33. The summed E-state index contributed by atoms with van der Waals surface area (Å²) in [5, 5.41) is 10.5. The second-order valence-electron chi connectivity index (χ2n) is 9.44. The number of aromatic nitrogens is 2. The predicted molar refractivity (Wildman–Crippen MR) is 150 cm³/mol. The van der Waals surface area contributed by atoms with Gasteiger partial charge in [-0.1, -0.05) is 12.1 Å². The lowest BCUT2D eigenvalue weighted by Crippen LogP contribution is -2.49. The lowest BCUT2D eigenvalue weighted by atomic mass is 10.1. The number of aromatic amines is 1. The second-order valence-corrected chi connectivity index (χ2v) is 9.44. The number of piperazine rings is 1. The van der Waals surface area contributed by atoms with Crippen molar-refractivity contribution in [2.45, 2.75) is 13.8 Å². The Labute approximate surface area is 220 Å². The van der Waals surface area contributed by atoms with E-state index in [1.807, 2.05) is 4.90 Å². The first-order chi connectivity index (χ1) is 18.3. The highest BCUT2D eigenvalue weighted by molar-refractivity contribution is 5.97. The van der Waals surface area contributed by atoms with Gasteiger partial charge < -0.3 is 24.6 Å². The molecule has 5 rings (SSSR count). The summed E-state index contributed by atoms with van der Waals surface area (Å²) in [6, 6.07) is 18.3. The number of anilines is 1. The van der Waals surface area contributed by atoms with Gasteiger partial charge in [0.2, 0.25) is 0 Å². The number of carbonyl (C=O) groups is 1. The van der Waals surface area contributed by atoms with Crippen molar-refractivity contribution in [3.8, 4) is 5.75 Å². The maximum atomic E-state index is 13.3. The highest BCUT2D eigenvalue weighted by Crippen LogP contribution is 2.25. The summed E-state index contributed by atoms with van der Waals surface area (Å²) in [5.41, 5.74) is 5.39. The largest absolute Gasteiger partial charge is 0.507 e. The minimum Gasteiger partial charge on any atom is -0.507 e. The Morgan fingerprint density at radius 3 is 2.42 bits per heavy atom. The number of methoxy groups -OCH3 is 1. The minimum absolute atomic E-state index is 0.0746. The smallest absolute Gasteiger partial charge is 0.274 e. The number of nitrogens with zero attached hydrogens (tertiary/aromatic N) is 3. The van der Waals surface area contributed by atoms with E-state index in [0.717, 1.165) is 13.1 Å². The summed E-state index contributed by atoms with van der Waals surface area (Å²) in [6.45, 7) is 7.00. The van der Waals surface area contributed by atoms with Gasteiger partial charge in [-0.05, 0) is 73.5 Å². The fraction of sp³-hybridized carbons (Fsp3) is 0.233. The number of rotatable bonds is 5. The summed E-state index contributed by atoms with van der Waals surface area (Å²) in [4.78, 5) is 37.3. The van der Waals surface area contributed by atoms with E-state index in [1.54, 1.807) is 49.6 Å². The van der Waals surface area contributed by atoms with Gasteiger partial charge in [-0.15, -0.1) is 0 Å². The number of benzene rings is 3. The minimum atomic E-state index is -0.454. The zero-order chi connectivity index (χ0) is 26.8. The molecule has 1 aliphatic heterocycles. The van der Waals surface area contributed by atoms with Crippen LogP contribution in [0, 0.1) is 13.8 Å². The molecule has 1 amide bonds. The first-order valence-electron chi connectivity index (χ1n) is 12.5. The summed E-state index contributed by atoms with van der Waals surface area (Å²) in [5.74, 6) is 0.503. The van der Waals surface area contributed by atoms with E-state index in [1.165, 1.54) is 22.9 Å². The molecule has 1 fully saturated rings. The third kappa shape index (κ3) is 4.98. The number of aliphatic hydroxyl groups is 1. The quantitative estimate of drug-likeness (QED) is 0.382. The van der Waals surface area contributed by atoms with E-state index in [9.17, 15) is 14.7 Å². The van der Waals surface area contributed by atoms with Crippen LogP contribution in [0.1, 0.15) is 32.7 Å². The van der Waals surface area contributed by atoms with Crippen LogP contribution in [-0.4, -0.2) is 59.2 Å². The van der Waals surface area contributed by atoms with Crippen LogP contribution in [0.5, 0.6) is 5.75 Å².